The van der Waals surface area contributed by atoms with E-state index in [0.29, 0.717) is 0 Å². The standard InChI is InChI=1S/C13H20N2O/c1-11(15-14)13(7-9-16-10-8-13)12-5-3-2-4-6-12/h2-6,11,15H,7-10,14H2,1H3. The van der Waals surface area contributed by atoms with Crippen LogP contribution in [-0.4, -0.2) is 19.3 Å². The molecule has 0 bridgehead atoms. The van der Waals surface area contributed by atoms with Gasteiger partial charge in [-0.2, -0.15) is 0 Å². The van der Waals surface area contributed by atoms with Crippen molar-refractivity contribution in [3.63, 3.8) is 0 Å². The first-order chi connectivity index (χ1) is 7.79. The van der Waals surface area contributed by atoms with Crippen LogP contribution >= 0.6 is 0 Å². The normalized spacial score (nSPS) is 21.6. The van der Waals surface area contributed by atoms with Gasteiger partial charge < -0.3 is 4.74 Å². The fourth-order valence-electron chi connectivity index (χ4n) is 2.64. The van der Waals surface area contributed by atoms with E-state index >= 15 is 0 Å². The number of rotatable bonds is 3. The molecule has 16 heavy (non-hydrogen) atoms. The Morgan fingerprint density at radius 1 is 1.25 bits per heavy atom. The second kappa shape index (κ2) is 4.95. The Labute approximate surface area is 97.0 Å². The highest BCUT2D eigenvalue weighted by atomic mass is 16.5. The van der Waals surface area contributed by atoms with Gasteiger partial charge >= 0.3 is 0 Å². The number of hydrogen-bond acceptors (Lipinski definition) is 3. The fourth-order valence-corrected chi connectivity index (χ4v) is 2.64. The zero-order valence-electron chi connectivity index (χ0n) is 9.78. The van der Waals surface area contributed by atoms with Crippen LogP contribution in [0.5, 0.6) is 0 Å². The Balaban J connectivity index is 2.34. The van der Waals surface area contributed by atoms with E-state index in [1.165, 1.54) is 5.56 Å². The third-order valence-corrected chi connectivity index (χ3v) is 3.81. The summed E-state index contributed by atoms with van der Waals surface area (Å²) < 4.78 is 5.47. The molecule has 0 aromatic heterocycles. The molecule has 3 N–H and O–H groups in total. The molecule has 3 nitrogen and oxygen atoms in total. The first-order valence-corrected chi connectivity index (χ1v) is 5.89. The number of nitrogens with one attached hydrogen (secondary N) is 1. The average molecular weight is 220 g/mol. The van der Waals surface area contributed by atoms with Crippen molar-refractivity contribution in [2.24, 2.45) is 5.84 Å². The number of hydrazine groups is 1. The van der Waals surface area contributed by atoms with Gasteiger partial charge in [-0.3, -0.25) is 11.3 Å². The van der Waals surface area contributed by atoms with E-state index in [1.807, 2.05) is 0 Å². The van der Waals surface area contributed by atoms with Crippen LogP contribution in [-0.2, 0) is 10.2 Å². The average Bonchev–Trinajstić information content (AvgIpc) is 2.39. The lowest BCUT2D eigenvalue weighted by atomic mass is 9.69. The number of ether oxygens (including phenoxy) is 1. The van der Waals surface area contributed by atoms with E-state index in [0.717, 1.165) is 26.1 Å². The van der Waals surface area contributed by atoms with Crippen LogP contribution in [0.25, 0.3) is 0 Å². The van der Waals surface area contributed by atoms with Gasteiger partial charge in [0.15, 0.2) is 0 Å². The molecule has 1 aliphatic heterocycles. The summed E-state index contributed by atoms with van der Waals surface area (Å²) in [7, 11) is 0. The van der Waals surface area contributed by atoms with Gasteiger partial charge in [0.1, 0.15) is 0 Å². The first-order valence-electron chi connectivity index (χ1n) is 5.89. The van der Waals surface area contributed by atoms with Crippen molar-refractivity contribution in [2.45, 2.75) is 31.2 Å². The van der Waals surface area contributed by atoms with Crippen LogP contribution in [0.4, 0.5) is 0 Å². The Kier molecular flexibility index (Phi) is 3.59. The van der Waals surface area contributed by atoms with Crippen molar-refractivity contribution in [2.75, 3.05) is 13.2 Å². The van der Waals surface area contributed by atoms with Gasteiger partial charge in [-0.1, -0.05) is 30.3 Å². The summed E-state index contributed by atoms with van der Waals surface area (Å²) in [5, 5.41) is 0. The van der Waals surface area contributed by atoms with Gasteiger partial charge in [0.05, 0.1) is 0 Å². The number of benzene rings is 1. The van der Waals surface area contributed by atoms with Gasteiger partial charge in [0.2, 0.25) is 0 Å². The minimum atomic E-state index is 0.119. The highest BCUT2D eigenvalue weighted by Gasteiger charge is 2.38. The van der Waals surface area contributed by atoms with E-state index in [4.69, 9.17) is 10.6 Å². The summed E-state index contributed by atoms with van der Waals surface area (Å²) in [6.45, 7) is 3.79. The largest absolute Gasteiger partial charge is 0.381 e. The molecule has 3 heteroatoms. The molecule has 0 spiro atoms. The fraction of sp³-hybridized carbons (Fsp3) is 0.538. The van der Waals surface area contributed by atoms with E-state index in [1.54, 1.807) is 0 Å². The van der Waals surface area contributed by atoms with E-state index < -0.39 is 0 Å². The maximum atomic E-state index is 5.63. The minimum absolute atomic E-state index is 0.119. The van der Waals surface area contributed by atoms with Gasteiger partial charge in [0.25, 0.3) is 0 Å². The third kappa shape index (κ3) is 1.98. The van der Waals surface area contributed by atoms with Crippen LogP contribution in [0, 0.1) is 0 Å². The monoisotopic (exact) mass is 220 g/mol. The number of nitrogens with two attached hydrogens (primary N) is 1. The smallest absolute Gasteiger partial charge is 0.0475 e. The maximum Gasteiger partial charge on any atom is 0.0475 e. The summed E-state index contributed by atoms with van der Waals surface area (Å²) in [5.41, 5.74) is 4.40. The van der Waals surface area contributed by atoms with Gasteiger partial charge in [0, 0.05) is 24.7 Å². The molecule has 1 fully saturated rings. The van der Waals surface area contributed by atoms with Gasteiger partial charge in [-0.15, -0.1) is 0 Å². The summed E-state index contributed by atoms with van der Waals surface area (Å²) in [5.74, 6) is 5.63. The highest BCUT2D eigenvalue weighted by Crippen LogP contribution is 2.37. The molecule has 0 radical (unpaired) electrons. The molecule has 2 rings (SSSR count). The first kappa shape index (κ1) is 11.6. The molecular formula is C13H20N2O. The van der Waals surface area contributed by atoms with E-state index in [9.17, 15) is 0 Å². The molecule has 0 aliphatic carbocycles. The summed E-state index contributed by atoms with van der Waals surface area (Å²) in [6, 6.07) is 10.9. The summed E-state index contributed by atoms with van der Waals surface area (Å²) >= 11 is 0. The molecule has 1 aliphatic rings. The summed E-state index contributed by atoms with van der Waals surface area (Å²) in [6.07, 6.45) is 2.06. The molecule has 1 unspecified atom stereocenters. The molecule has 0 saturated carbocycles. The quantitative estimate of drug-likeness (QED) is 0.600. The Bertz CT molecular complexity index is 320. The zero-order chi connectivity index (χ0) is 11.4. The van der Waals surface area contributed by atoms with Crippen molar-refractivity contribution < 1.29 is 4.74 Å². The third-order valence-electron chi connectivity index (χ3n) is 3.81. The lowest BCUT2D eigenvalue weighted by Gasteiger charge is -2.42. The SMILES string of the molecule is CC(NN)C1(c2ccccc2)CCOCC1. The van der Waals surface area contributed by atoms with Crippen molar-refractivity contribution in [3.05, 3.63) is 35.9 Å². The molecule has 0 amide bonds. The lowest BCUT2D eigenvalue weighted by Crippen LogP contribution is -2.52. The minimum Gasteiger partial charge on any atom is -0.381 e. The number of hydrogen-bond donors (Lipinski definition) is 2. The maximum absolute atomic E-state index is 5.63. The predicted octanol–water partition coefficient (Wildman–Crippen LogP) is 1.59. The second-order valence-electron chi connectivity index (χ2n) is 4.52. The molecule has 1 atom stereocenters. The zero-order valence-corrected chi connectivity index (χ0v) is 9.78. The molecule has 1 aromatic rings. The van der Waals surface area contributed by atoms with Crippen molar-refractivity contribution >= 4 is 0 Å². The molecule has 1 heterocycles. The molecular weight excluding hydrogens is 200 g/mol. The Morgan fingerprint density at radius 3 is 2.44 bits per heavy atom. The van der Waals surface area contributed by atoms with E-state index in [-0.39, 0.29) is 11.5 Å². The Morgan fingerprint density at radius 2 is 1.88 bits per heavy atom. The van der Waals surface area contributed by atoms with Crippen LogP contribution in [0.3, 0.4) is 0 Å². The second-order valence-corrected chi connectivity index (χ2v) is 4.52. The van der Waals surface area contributed by atoms with Crippen molar-refractivity contribution in [1.82, 2.24) is 5.43 Å². The van der Waals surface area contributed by atoms with E-state index in [2.05, 4.69) is 42.7 Å². The molecule has 1 aromatic carbocycles. The lowest BCUT2D eigenvalue weighted by molar-refractivity contribution is 0.0370. The molecule has 88 valence electrons. The van der Waals surface area contributed by atoms with Crippen LogP contribution < -0.4 is 11.3 Å². The summed E-state index contributed by atoms with van der Waals surface area (Å²) in [4.78, 5) is 0. The highest BCUT2D eigenvalue weighted by molar-refractivity contribution is 5.28. The van der Waals surface area contributed by atoms with Gasteiger partial charge in [-0.05, 0) is 25.3 Å². The van der Waals surface area contributed by atoms with Crippen molar-refractivity contribution in [1.29, 1.82) is 0 Å². The topological polar surface area (TPSA) is 47.3 Å². The van der Waals surface area contributed by atoms with Crippen molar-refractivity contribution in [3.8, 4) is 0 Å². The molecule has 1 saturated heterocycles. The predicted molar refractivity (Wildman–Crippen MR) is 65.0 cm³/mol. The van der Waals surface area contributed by atoms with Crippen LogP contribution in [0.15, 0.2) is 30.3 Å². The van der Waals surface area contributed by atoms with Gasteiger partial charge in [-0.25, -0.2) is 0 Å². The van der Waals surface area contributed by atoms with Crippen LogP contribution in [0.1, 0.15) is 25.3 Å². The Hall–Kier alpha value is -0.900. The van der Waals surface area contributed by atoms with Crippen LogP contribution in [0.2, 0.25) is 0 Å².